The first-order valence-corrected chi connectivity index (χ1v) is 6.17. The zero-order valence-corrected chi connectivity index (χ0v) is 10.6. The molecule has 1 unspecified atom stereocenters. The minimum absolute atomic E-state index is 0.0640. The normalized spacial score (nSPS) is 12.3. The summed E-state index contributed by atoms with van der Waals surface area (Å²) >= 11 is 4.99. The lowest BCUT2D eigenvalue weighted by molar-refractivity contribution is 0.537. The summed E-state index contributed by atoms with van der Waals surface area (Å²) in [4.78, 5) is 4.95. The minimum atomic E-state index is -0.0640. The molecule has 0 aliphatic heterocycles. The highest BCUT2D eigenvalue weighted by atomic mass is 79.9. The van der Waals surface area contributed by atoms with Gasteiger partial charge in [-0.3, -0.25) is 0 Å². The van der Waals surface area contributed by atoms with E-state index in [4.69, 9.17) is 11.0 Å². The third-order valence-corrected chi connectivity index (χ3v) is 3.86. The van der Waals surface area contributed by atoms with Gasteiger partial charge in [0.05, 0.1) is 0 Å². The molecule has 0 aliphatic rings. The summed E-state index contributed by atoms with van der Waals surface area (Å²) in [6, 6.07) is 3.83. The van der Waals surface area contributed by atoms with Crippen molar-refractivity contribution in [2.45, 2.75) is 6.04 Å². The molecular weight excluding hydrogens is 290 g/mol. The largest absolute Gasteiger partial charge is 0.328 e. The van der Waals surface area contributed by atoms with Crippen molar-refractivity contribution in [3.05, 3.63) is 32.9 Å². The fourth-order valence-corrected chi connectivity index (χ4v) is 2.89. The maximum Gasteiger partial charge on any atom is 0.252 e. The molecule has 1 atom stereocenters. The Morgan fingerprint density at radius 2 is 2.50 bits per heavy atom. The molecule has 2 N–H and O–H groups in total. The quantitative estimate of drug-likeness (QED) is 0.931. The van der Waals surface area contributed by atoms with Crippen LogP contribution in [0.1, 0.15) is 16.7 Å². The van der Waals surface area contributed by atoms with Crippen LogP contribution in [0.5, 0.6) is 0 Å². The van der Waals surface area contributed by atoms with Crippen molar-refractivity contribution in [2.75, 3.05) is 6.54 Å². The zero-order chi connectivity index (χ0) is 11.5. The maximum absolute atomic E-state index is 8.66. The number of thiophene rings is 1. The van der Waals surface area contributed by atoms with Gasteiger partial charge in [-0.2, -0.15) is 5.26 Å². The Labute approximate surface area is 105 Å². The molecular formula is C9H8BrN5S. The number of nitriles is 1. The van der Waals surface area contributed by atoms with Gasteiger partial charge in [0, 0.05) is 21.3 Å². The Morgan fingerprint density at radius 3 is 3.00 bits per heavy atom. The summed E-state index contributed by atoms with van der Waals surface area (Å²) in [6.45, 7) is 0.418. The van der Waals surface area contributed by atoms with Crippen LogP contribution in [0.4, 0.5) is 0 Å². The van der Waals surface area contributed by atoms with Crippen LogP contribution >= 0.6 is 27.3 Å². The Hall–Kier alpha value is -1.23. The van der Waals surface area contributed by atoms with Crippen molar-refractivity contribution in [3.8, 4) is 6.07 Å². The molecule has 0 fully saturated rings. The Balaban J connectivity index is 2.33. The first-order valence-electron chi connectivity index (χ1n) is 4.50. The number of hydrogen-bond donors (Lipinski definition) is 1. The van der Waals surface area contributed by atoms with Crippen LogP contribution < -0.4 is 5.73 Å². The maximum atomic E-state index is 8.66. The number of nitrogens with two attached hydrogens (primary N) is 1. The first-order chi connectivity index (χ1) is 7.74. The molecule has 82 valence electrons. The number of nitrogens with zero attached hydrogens (tertiary/aromatic N) is 4. The summed E-state index contributed by atoms with van der Waals surface area (Å²) in [5.41, 5.74) is 5.72. The summed E-state index contributed by atoms with van der Waals surface area (Å²) in [5, 5.41) is 14.7. The van der Waals surface area contributed by atoms with Gasteiger partial charge in [0.2, 0.25) is 0 Å². The van der Waals surface area contributed by atoms with Gasteiger partial charge in [-0.05, 0) is 22.0 Å². The standard InChI is InChI=1S/C9H8BrN5S/c10-6-1-8(16-4-6)7(2-11)15-5-13-9(3-12)14-15/h1,4-5,7H,2,11H2. The van der Waals surface area contributed by atoms with Crippen LogP contribution in [0.25, 0.3) is 0 Å². The fourth-order valence-electron chi connectivity index (χ4n) is 1.33. The zero-order valence-electron chi connectivity index (χ0n) is 8.17. The molecule has 0 saturated carbocycles. The van der Waals surface area contributed by atoms with Gasteiger partial charge in [0.1, 0.15) is 18.4 Å². The summed E-state index contributed by atoms with van der Waals surface area (Å²) in [5.74, 6) is 0.161. The minimum Gasteiger partial charge on any atom is -0.328 e. The summed E-state index contributed by atoms with van der Waals surface area (Å²) in [7, 11) is 0. The van der Waals surface area contributed by atoms with E-state index >= 15 is 0 Å². The molecule has 2 aromatic heterocycles. The average molecular weight is 298 g/mol. The predicted octanol–water partition coefficient (Wildman–Crippen LogP) is 1.52. The molecule has 2 heterocycles. The number of halogens is 1. The lowest BCUT2D eigenvalue weighted by Crippen LogP contribution is -2.20. The van der Waals surface area contributed by atoms with Gasteiger partial charge in [0.15, 0.2) is 0 Å². The van der Waals surface area contributed by atoms with Gasteiger partial charge >= 0.3 is 0 Å². The number of hydrogen-bond acceptors (Lipinski definition) is 5. The van der Waals surface area contributed by atoms with Crippen molar-refractivity contribution in [1.82, 2.24) is 14.8 Å². The Morgan fingerprint density at radius 1 is 1.69 bits per heavy atom. The molecule has 2 rings (SSSR count). The third kappa shape index (κ3) is 2.14. The van der Waals surface area contributed by atoms with Crippen molar-refractivity contribution in [1.29, 1.82) is 5.26 Å². The molecule has 0 aromatic carbocycles. The number of rotatable bonds is 3. The van der Waals surface area contributed by atoms with Gasteiger partial charge < -0.3 is 5.73 Å². The van der Waals surface area contributed by atoms with E-state index < -0.39 is 0 Å². The second-order valence-electron chi connectivity index (χ2n) is 3.08. The first kappa shape index (κ1) is 11.3. The van der Waals surface area contributed by atoms with Gasteiger partial charge in [-0.25, -0.2) is 9.67 Å². The highest BCUT2D eigenvalue weighted by molar-refractivity contribution is 9.10. The van der Waals surface area contributed by atoms with Crippen LogP contribution in [0.2, 0.25) is 0 Å². The van der Waals surface area contributed by atoms with Gasteiger partial charge in [-0.1, -0.05) is 0 Å². The van der Waals surface area contributed by atoms with Crippen molar-refractivity contribution in [2.24, 2.45) is 5.73 Å². The van der Waals surface area contributed by atoms with E-state index in [-0.39, 0.29) is 11.9 Å². The second-order valence-corrected chi connectivity index (χ2v) is 4.94. The molecule has 0 saturated heterocycles. The van der Waals surface area contributed by atoms with Gasteiger partial charge in [-0.15, -0.1) is 16.4 Å². The lowest BCUT2D eigenvalue weighted by Gasteiger charge is -2.12. The van der Waals surface area contributed by atoms with E-state index in [0.29, 0.717) is 6.54 Å². The van der Waals surface area contributed by atoms with E-state index in [1.807, 2.05) is 17.5 Å². The lowest BCUT2D eigenvalue weighted by atomic mass is 10.2. The average Bonchev–Trinajstić information content (AvgIpc) is 2.89. The molecule has 16 heavy (non-hydrogen) atoms. The third-order valence-electron chi connectivity index (χ3n) is 2.07. The van der Waals surface area contributed by atoms with Crippen LogP contribution in [0.3, 0.4) is 0 Å². The molecule has 7 heteroatoms. The molecule has 0 spiro atoms. The van der Waals surface area contributed by atoms with Crippen molar-refractivity contribution in [3.63, 3.8) is 0 Å². The Kier molecular flexibility index (Phi) is 3.33. The summed E-state index contributed by atoms with van der Waals surface area (Å²) < 4.78 is 2.64. The van der Waals surface area contributed by atoms with Crippen molar-refractivity contribution < 1.29 is 0 Å². The number of aromatic nitrogens is 3. The van der Waals surface area contributed by atoms with E-state index in [1.54, 1.807) is 16.0 Å². The van der Waals surface area contributed by atoms with Crippen LogP contribution in [-0.4, -0.2) is 21.3 Å². The molecule has 0 amide bonds. The molecule has 5 nitrogen and oxygen atoms in total. The summed E-state index contributed by atoms with van der Waals surface area (Å²) in [6.07, 6.45) is 1.53. The monoisotopic (exact) mass is 297 g/mol. The van der Waals surface area contributed by atoms with Gasteiger partial charge in [0.25, 0.3) is 5.82 Å². The van der Waals surface area contributed by atoms with E-state index in [1.165, 1.54) is 6.33 Å². The highest BCUT2D eigenvalue weighted by Crippen LogP contribution is 2.27. The molecule has 0 aliphatic carbocycles. The van der Waals surface area contributed by atoms with E-state index in [2.05, 4.69) is 26.0 Å². The van der Waals surface area contributed by atoms with Crippen LogP contribution in [-0.2, 0) is 0 Å². The SMILES string of the molecule is N#Cc1ncn(C(CN)c2cc(Br)cs2)n1. The molecule has 2 aromatic rings. The smallest absolute Gasteiger partial charge is 0.252 e. The topological polar surface area (TPSA) is 80.5 Å². The van der Waals surface area contributed by atoms with Crippen LogP contribution in [0, 0.1) is 11.3 Å². The van der Waals surface area contributed by atoms with Crippen LogP contribution in [0.15, 0.2) is 22.2 Å². The van der Waals surface area contributed by atoms with E-state index in [0.717, 1.165) is 9.35 Å². The molecule has 0 bridgehead atoms. The highest BCUT2D eigenvalue weighted by Gasteiger charge is 2.15. The molecule has 0 radical (unpaired) electrons. The van der Waals surface area contributed by atoms with E-state index in [9.17, 15) is 0 Å². The predicted molar refractivity (Wildman–Crippen MR) is 63.9 cm³/mol. The second kappa shape index (κ2) is 4.74. The fraction of sp³-hybridized carbons (Fsp3) is 0.222. The van der Waals surface area contributed by atoms with Crippen molar-refractivity contribution >= 4 is 27.3 Å². The Bertz CT molecular complexity index is 526.